The maximum atomic E-state index is 12.7. The van der Waals surface area contributed by atoms with Crippen LogP contribution in [-0.2, 0) is 23.9 Å². The van der Waals surface area contributed by atoms with Gasteiger partial charge in [0.2, 0.25) is 16.5 Å². The zero-order chi connectivity index (χ0) is 23.6. The third-order valence-corrected chi connectivity index (χ3v) is 4.25. The maximum absolute atomic E-state index is 12.7. The summed E-state index contributed by atoms with van der Waals surface area (Å²) in [6.07, 6.45) is 0. The number of carbonyl (C=O) groups is 4. The molecule has 0 saturated carbocycles. The molecule has 15 nitrogen and oxygen atoms in total. The highest BCUT2D eigenvalue weighted by atomic mass is 32.1. The number of H-pyrrole nitrogens is 3. The van der Waals surface area contributed by atoms with Crippen molar-refractivity contribution in [2.24, 2.45) is 0 Å². The molecule has 2 heterocycles. The zero-order valence-corrected chi connectivity index (χ0v) is 16.6. The highest BCUT2D eigenvalue weighted by Gasteiger charge is 2.40. The number of benzene rings is 1. The fourth-order valence-electron chi connectivity index (χ4n) is 2.61. The topological polar surface area (TPSA) is 223 Å². The number of methoxy groups -OCH3 is 1. The van der Waals surface area contributed by atoms with Crippen molar-refractivity contribution < 1.29 is 28.8 Å². The highest BCUT2D eigenvalue weighted by molar-refractivity contribution is 7.71. The fraction of sp³-hybridized carbons (Fsp3) is 0.125. The number of ether oxygens (including phenoxy) is 1. The van der Waals surface area contributed by atoms with Gasteiger partial charge >= 0.3 is 5.97 Å². The van der Waals surface area contributed by atoms with Gasteiger partial charge in [0.15, 0.2) is 0 Å². The first-order valence-electron chi connectivity index (χ1n) is 8.42. The summed E-state index contributed by atoms with van der Waals surface area (Å²) in [7, 11) is 0.864. The van der Waals surface area contributed by atoms with E-state index in [1.807, 2.05) is 5.32 Å². The smallest absolute Gasteiger partial charge is 0.375 e. The molecule has 1 amide bonds. The number of esters is 1. The van der Waals surface area contributed by atoms with Crippen LogP contribution < -0.4 is 10.9 Å². The van der Waals surface area contributed by atoms with Gasteiger partial charge in [0, 0.05) is 12.1 Å². The summed E-state index contributed by atoms with van der Waals surface area (Å²) >= 11 is 4.71. The van der Waals surface area contributed by atoms with Crippen LogP contribution in [0.2, 0.25) is 0 Å². The van der Waals surface area contributed by atoms with Gasteiger partial charge in [-0.25, -0.2) is 9.78 Å². The molecule has 2 aromatic heterocycles. The lowest BCUT2D eigenvalue weighted by Gasteiger charge is -2.12. The number of nitrogens with zero attached hydrogens (tertiary/aromatic N) is 3. The minimum absolute atomic E-state index is 0.0440. The van der Waals surface area contributed by atoms with Crippen LogP contribution in [0.5, 0.6) is 0 Å². The van der Waals surface area contributed by atoms with Gasteiger partial charge in [0.1, 0.15) is 11.6 Å². The Balaban J connectivity index is 2.08. The predicted molar refractivity (Wildman–Crippen MR) is 106 cm³/mol. The van der Waals surface area contributed by atoms with E-state index in [2.05, 4.69) is 29.9 Å². The molecule has 4 N–H and O–H groups in total. The Morgan fingerprint density at radius 3 is 2.50 bits per heavy atom. The highest BCUT2D eigenvalue weighted by Crippen LogP contribution is 2.20. The number of nitro groups is 1. The lowest BCUT2D eigenvalue weighted by atomic mass is 9.94. The van der Waals surface area contributed by atoms with Crippen molar-refractivity contribution in [1.82, 2.24) is 25.1 Å². The average molecular weight is 461 g/mol. The molecule has 0 aliphatic rings. The van der Waals surface area contributed by atoms with Crippen LogP contribution in [0.1, 0.15) is 11.6 Å². The summed E-state index contributed by atoms with van der Waals surface area (Å²) in [6.45, 7) is 0. The molecule has 0 aliphatic heterocycles. The van der Waals surface area contributed by atoms with E-state index in [4.69, 9.17) is 12.2 Å². The molecule has 0 aliphatic carbocycles. The van der Waals surface area contributed by atoms with Crippen molar-refractivity contribution in [3.8, 4) is 0 Å². The SMILES string of the molecule is COC(=O)C(=O)[C@@H](C(=O)C(=O)Nc1nc(=S)[nH][nH]1)c1nc2ccc([N+](=O)[O-])cc2[nH]c1=O. The number of fused-ring (bicyclic) bond motifs is 1. The van der Waals surface area contributed by atoms with Crippen LogP contribution in [0.4, 0.5) is 11.6 Å². The van der Waals surface area contributed by atoms with Crippen LogP contribution in [0, 0.1) is 14.9 Å². The lowest BCUT2D eigenvalue weighted by Crippen LogP contribution is -2.39. The van der Waals surface area contributed by atoms with Gasteiger partial charge < -0.3 is 9.72 Å². The van der Waals surface area contributed by atoms with Crippen molar-refractivity contribution in [2.75, 3.05) is 12.4 Å². The molecule has 0 radical (unpaired) electrons. The molecule has 0 unspecified atom stereocenters. The van der Waals surface area contributed by atoms with Crippen molar-refractivity contribution >= 4 is 58.3 Å². The summed E-state index contributed by atoms with van der Waals surface area (Å²) < 4.78 is 4.27. The summed E-state index contributed by atoms with van der Waals surface area (Å²) in [5.74, 6) is -8.46. The fourth-order valence-corrected chi connectivity index (χ4v) is 2.76. The van der Waals surface area contributed by atoms with E-state index in [9.17, 15) is 34.1 Å². The number of carbonyl (C=O) groups excluding carboxylic acids is 4. The number of anilines is 1. The normalized spacial score (nSPS) is 11.5. The molecule has 1 atom stereocenters. The van der Waals surface area contributed by atoms with E-state index in [-0.39, 0.29) is 27.4 Å². The number of aromatic nitrogens is 5. The van der Waals surface area contributed by atoms with Crippen LogP contribution in [0.3, 0.4) is 0 Å². The Labute approximate surface area is 180 Å². The number of Topliss-reactive ketones (excluding diaryl/α,β-unsaturated/α-hetero) is 2. The Bertz CT molecular complexity index is 1410. The standard InChI is InChI=1S/C16H11N7O8S/c1-31-14(28)11(25)8(10(24)13(27)19-15-20-16(32)22-21-15)9-12(26)18-7-4-5(23(29)30)2-3-6(7)17-9/h2-4,8H,1H3,(H,18,26)(H3,19,20,21,22,27,32)/t8-/m1/s1. The van der Waals surface area contributed by atoms with Crippen molar-refractivity contribution in [3.05, 3.63) is 49.1 Å². The molecule has 164 valence electrons. The number of non-ortho nitro benzene ring substituents is 1. The third kappa shape index (κ3) is 4.29. The number of hydrogen-bond donors (Lipinski definition) is 4. The van der Waals surface area contributed by atoms with E-state index in [0.29, 0.717) is 0 Å². The van der Waals surface area contributed by atoms with Crippen molar-refractivity contribution in [1.29, 1.82) is 0 Å². The second kappa shape index (κ2) is 8.64. The van der Waals surface area contributed by atoms with Crippen LogP contribution in [-0.4, -0.2) is 60.6 Å². The zero-order valence-electron chi connectivity index (χ0n) is 15.8. The Morgan fingerprint density at radius 1 is 1.19 bits per heavy atom. The first-order valence-corrected chi connectivity index (χ1v) is 8.83. The van der Waals surface area contributed by atoms with Gasteiger partial charge in [0.25, 0.3) is 22.9 Å². The number of rotatable bonds is 7. The summed E-state index contributed by atoms with van der Waals surface area (Å²) in [6, 6.07) is 3.24. The van der Waals surface area contributed by atoms with Gasteiger partial charge in [-0.15, -0.1) is 0 Å². The molecule has 3 aromatic rings. The van der Waals surface area contributed by atoms with Gasteiger partial charge in [-0.3, -0.25) is 44.8 Å². The molecule has 0 saturated heterocycles. The molecular weight excluding hydrogens is 450 g/mol. The number of aromatic amines is 3. The summed E-state index contributed by atoms with van der Waals surface area (Å²) in [5.41, 5.74) is -2.37. The van der Waals surface area contributed by atoms with Crippen LogP contribution >= 0.6 is 12.2 Å². The first kappa shape index (κ1) is 22.1. The minimum atomic E-state index is -2.26. The Hall–Kier alpha value is -4.60. The summed E-state index contributed by atoms with van der Waals surface area (Å²) in [4.78, 5) is 81.9. The molecule has 3 rings (SSSR count). The van der Waals surface area contributed by atoms with Gasteiger partial charge in [-0.2, -0.15) is 4.98 Å². The maximum Gasteiger partial charge on any atom is 0.375 e. The van der Waals surface area contributed by atoms with Crippen LogP contribution in [0.15, 0.2) is 23.0 Å². The van der Waals surface area contributed by atoms with Crippen molar-refractivity contribution in [3.63, 3.8) is 0 Å². The van der Waals surface area contributed by atoms with Gasteiger partial charge in [-0.05, 0) is 18.3 Å². The van der Waals surface area contributed by atoms with E-state index in [0.717, 1.165) is 25.3 Å². The molecule has 16 heteroatoms. The van der Waals surface area contributed by atoms with E-state index < -0.39 is 45.5 Å². The molecule has 32 heavy (non-hydrogen) atoms. The third-order valence-electron chi connectivity index (χ3n) is 4.05. The molecule has 0 bridgehead atoms. The van der Waals surface area contributed by atoms with E-state index in [1.165, 1.54) is 0 Å². The first-order chi connectivity index (χ1) is 15.1. The second-order valence-electron chi connectivity index (χ2n) is 6.03. The Morgan fingerprint density at radius 2 is 1.91 bits per heavy atom. The van der Waals surface area contributed by atoms with Crippen molar-refractivity contribution in [2.45, 2.75) is 5.92 Å². The number of nitro benzene ring substituents is 1. The predicted octanol–water partition coefficient (Wildman–Crippen LogP) is -0.355. The molecular formula is C16H11N7O8S. The number of hydrogen-bond acceptors (Lipinski definition) is 11. The second-order valence-corrected chi connectivity index (χ2v) is 6.42. The Kier molecular flexibility index (Phi) is 5.97. The largest absolute Gasteiger partial charge is 0.463 e. The molecule has 1 aromatic carbocycles. The lowest BCUT2D eigenvalue weighted by molar-refractivity contribution is -0.384. The average Bonchev–Trinajstić information content (AvgIpc) is 3.17. The van der Waals surface area contributed by atoms with E-state index in [1.54, 1.807) is 0 Å². The molecule has 0 spiro atoms. The molecule has 0 fully saturated rings. The minimum Gasteiger partial charge on any atom is -0.463 e. The summed E-state index contributed by atoms with van der Waals surface area (Å²) in [5, 5.41) is 17.6. The monoisotopic (exact) mass is 461 g/mol. The van der Waals surface area contributed by atoms with Gasteiger partial charge in [-0.1, -0.05) is 0 Å². The van der Waals surface area contributed by atoms with Gasteiger partial charge in [0.05, 0.1) is 23.1 Å². The van der Waals surface area contributed by atoms with E-state index >= 15 is 0 Å². The number of ketones is 2. The number of amides is 1. The number of nitrogens with one attached hydrogen (secondary N) is 4. The van der Waals surface area contributed by atoms with Crippen LogP contribution in [0.25, 0.3) is 11.0 Å². The quantitative estimate of drug-likeness (QED) is 0.0888.